The average molecular weight is 377 g/mol. The predicted octanol–water partition coefficient (Wildman–Crippen LogP) is 5.13. The lowest BCUT2D eigenvalue weighted by Crippen LogP contribution is -2.03. The Hall–Kier alpha value is -3.19. The van der Waals surface area contributed by atoms with Gasteiger partial charge in [-0.1, -0.05) is 29.5 Å². The molecule has 0 spiro atoms. The predicted molar refractivity (Wildman–Crippen MR) is 110 cm³/mol. The first-order valence-electron chi connectivity index (χ1n) is 8.49. The Morgan fingerprint density at radius 2 is 1.81 bits per heavy atom. The van der Waals surface area contributed by atoms with E-state index in [9.17, 15) is 0 Å². The lowest BCUT2D eigenvalue weighted by atomic mass is 10.1. The smallest absolute Gasteiger partial charge is 0.248 e. The second-order valence-corrected chi connectivity index (χ2v) is 7.46. The number of hydrogen-bond acceptors (Lipinski definition) is 7. The van der Waals surface area contributed by atoms with Crippen LogP contribution in [0.15, 0.2) is 42.7 Å². The Morgan fingerprint density at radius 3 is 2.56 bits per heavy atom. The lowest BCUT2D eigenvalue weighted by molar-refractivity contribution is 0.464. The van der Waals surface area contributed by atoms with Crippen LogP contribution < -0.4 is 15.8 Å². The van der Waals surface area contributed by atoms with Crippen LogP contribution in [0, 0.1) is 20.8 Å². The fraction of sp³-hybridized carbons (Fsp3) is 0.150. The highest BCUT2D eigenvalue weighted by Crippen LogP contribution is 2.34. The van der Waals surface area contributed by atoms with Gasteiger partial charge in [0.2, 0.25) is 5.88 Å². The van der Waals surface area contributed by atoms with E-state index in [0.717, 1.165) is 32.0 Å². The minimum absolute atomic E-state index is 0.315. The first-order chi connectivity index (χ1) is 13.0. The molecule has 0 amide bonds. The number of benzene rings is 2. The monoisotopic (exact) mass is 377 g/mol. The van der Waals surface area contributed by atoms with Crippen molar-refractivity contribution in [3.05, 3.63) is 59.4 Å². The minimum Gasteiger partial charge on any atom is -0.437 e. The molecule has 2 heterocycles. The van der Waals surface area contributed by atoms with E-state index in [1.165, 1.54) is 6.33 Å². The van der Waals surface area contributed by atoms with Crippen molar-refractivity contribution in [1.29, 1.82) is 0 Å². The molecule has 6 nitrogen and oxygen atoms in total. The molecule has 7 heteroatoms. The number of ether oxygens (including phenoxy) is 1. The summed E-state index contributed by atoms with van der Waals surface area (Å²) in [6, 6.07) is 12.1. The summed E-state index contributed by atoms with van der Waals surface area (Å²) in [7, 11) is 0. The summed E-state index contributed by atoms with van der Waals surface area (Å²) in [6.07, 6.45) is 1.43. The van der Waals surface area contributed by atoms with Crippen LogP contribution >= 0.6 is 11.3 Å². The van der Waals surface area contributed by atoms with Gasteiger partial charge < -0.3 is 15.8 Å². The number of para-hydroxylation sites is 1. The number of aryl methyl sites for hydroxylation is 3. The van der Waals surface area contributed by atoms with Crippen molar-refractivity contribution >= 4 is 38.2 Å². The summed E-state index contributed by atoms with van der Waals surface area (Å²) < 4.78 is 7.00. The first-order valence-corrected chi connectivity index (χ1v) is 9.31. The van der Waals surface area contributed by atoms with E-state index in [-0.39, 0.29) is 0 Å². The zero-order valence-corrected chi connectivity index (χ0v) is 16.1. The van der Waals surface area contributed by atoms with E-state index in [0.29, 0.717) is 23.1 Å². The highest BCUT2D eigenvalue weighted by molar-refractivity contribution is 7.22. The molecule has 0 saturated heterocycles. The molecule has 0 atom stereocenters. The van der Waals surface area contributed by atoms with E-state index in [1.807, 2.05) is 51.1 Å². The van der Waals surface area contributed by atoms with Gasteiger partial charge >= 0.3 is 0 Å². The minimum atomic E-state index is 0.315. The summed E-state index contributed by atoms with van der Waals surface area (Å²) >= 11 is 1.55. The van der Waals surface area contributed by atoms with Crippen LogP contribution in [-0.4, -0.2) is 15.0 Å². The molecule has 0 radical (unpaired) electrons. The van der Waals surface area contributed by atoms with Gasteiger partial charge in [-0.3, -0.25) is 0 Å². The van der Waals surface area contributed by atoms with Crippen LogP contribution in [0.4, 0.5) is 16.6 Å². The third-order valence-corrected chi connectivity index (χ3v) is 5.04. The van der Waals surface area contributed by atoms with Crippen LogP contribution in [-0.2, 0) is 0 Å². The van der Waals surface area contributed by atoms with Gasteiger partial charge in [0, 0.05) is 0 Å². The van der Waals surface area contributed by atoms with Crippen LogP contribution in [0.2, 0.25) is 0 Å². The van der Waals surface area contributed by atoms with Gasteiger partial charge in [-0.05, 0) is 55.7 Å². The molecule has 136 valence electrons. The van der Waals surface area contributed by atoms with Crippen LogP contribution in [0.5, 0.6) is 11.6 Å². The number of rotatable bonds is 4. The molecule has 0 saturated carbocycles. The van der Waals surface area contributed by atoms with Crippen molar-refractivity contribution in [2.24, 2.45) is 0 Å². The van der Waals surface area contributed by atoms with Gasteiger partial charge in [0.1, 0.15) is 17.8 Å². The van der Waals surface area contributed by atoms with Crippen LogP contribution in [0.3, 0.4) is 0 Å². The van der Waals surface area contributed by atoms with Gasteiger partial charge in [0.25, 0.3) is 0 Å². The standard InChI is InChI=1S/C20H19N5OS/c1-11-7-12(2)9-14(8-11)26-19-16(21)18(22-10-23-19)25-20-24-17-13(3)5-4-6-15(17)27-20/h4-10H,21H2,1-3H3,(H,22,23,24,25). The molecule has 0 fully saturated rings. The molecular weight excluding hydrogens is 358 g/mol. The average Bonchev–Trinajstić information content (AvgIpc) is 3.02. The Kier molecular flexibility index (Phi) is 4.37. The van der Waals surface area contributed by atoms with E-state index in [1.54, 1.807) is 11.3 Å². The fourth-order valence-corrected chi connectivity index (χ4v) is 3.85. The molecule has 3 N–H and O–H groups in total. The van der Waals surface area contributed by atoms with E-state index in [4.69, 9.17) is 10.5 Å². The molecule has 0 aliphatic rings. The zero-order valence-electron chi connectivity index (χ0n) is 15.3. The molecule has 0 aliphatic carbocycles. The van der Waals surface area contributed by atoms with Gasteiger partial charge in [-0.2, -0.15) is 4.98 Å². The summed E-state index contributed by atoms with van der Waals surface area (Å²) in [5.74, 6) is 1.48. The molecule has 2 aromatic carbocycles. The number of fused-ring (bicyclic) bond motifs is 1. The van der Waals surface area contributed by atoms with Gasteiger partial charge in [-0.15, -0.1) is 0 Å². The number of nitrogens with zero attached hydrogens (tertiary/aromatic N) is 3. The van der Waals surface area contributed by atoms with Gasteiger partial charge in [0.15, 0.2) is 10.9 Å². The molecular formula is C20H19N5OS. The van der Waals surface area contributed by atoms with Crippen molar-refractivity contribution in [3.63, 3.8) is 0 Å². The number of thiazole rings is 1. The van der Waals surface area contributed by atoms with Crippen LogP contribution in [0.25, 0.3) is 10.2 Å². The Balaban J connectivity index is 1.64. The molecule has 27 heavy (non-hydrogen) atoms. The van der Waals surface area contributed by atoms with Gasteiger partial charge in [-0.25, -0.2) is 9.97 Å². The number of nitrogen functional groups attached to an aromatic ring is 1. The lowest BCUT2D eigenvalue weighted by Gasteiger charge is -2.11. The summed E-state index contributed by atoms with van der Waals surface area (Å²) in [5.41, 5.74) is 10.9. The van der Waals surface area contributed by atoms with Crippen molar-refractivity contribution in [3.8, 4) is 11.6 Å². The maximum atomic E-state index is 6.24. The van der Waals surface area contributed by atoms with Crippen molar-refractivity contribution in [2.75, 3.05) is 11.1 Å². The summed E-state index contributed by atoms with van der Waals surface area (Å²) in [4.78, 5) is 13.1. The number of nitrogens with two attached hydrogens (primary N) is 1. The van der Waals surface area contributed by atoms with Crippen LogP contribution in [0.1, 0.15) is 16.7 Å². The third kappa shape index (κ3) is 3.54. The molecule has 0 aliphatic heterocycles. The quantitative estimate of drug-likeness (QED) is 0.513. The van der Waals surface area contributed by atoms with Crippen molar-refractivity contribution in [1.82, 2.24) is 15.0 Å². The van der Waals surface area contributed by atoms with Gasteiger partial charge in [0.05, 0.1) is 10.2 Å². The number of hydrogen-bond donors (Lipinski definition) is 2. The second kappa shape index (κ2) is 6.85. The molecule has 2 aromatic heterocycles. The Bertz CT molecular complexity index is 1120. The normalized spacial score (nSPS) is 10.9. The third-order valence-electron chi connectivity index (χ3n) is 4.10. The van der Waals surface area contributed by atoms with E-state index in [2.05, 4.69) is 26.3 Å². The molecule has 4 rings (SSSR count). The number of anilines is 3. The SMILES string of the molecule is Cc1cc(C)cc(Oc2ncnc(Nc3nc4c(C)cccc4s3)c2N)c1. The van der Waals surface area contributed by atoms with E-state index >= 15 is 0 Å². The maximum Gasteiger partial charge on any atom is 0.248 e. The molecule has 0 unspecified atom stereocenters. The number of aromatic nitrogens is 3. The highest BCUT2D eigenvalue weighted by Gasteiger charge is 2.13. The first kappa shape index (κ1) is 17.2. The summed E-state index contributed by atoms with van der Waals surface area (Å²) in [6.45, 7) is 6.08. The topological polar surface area (TPSA) is 86.0 Å². The number of nitrogens with one attached hydrogen (secondary N) is 1. The highest BCUT2D eigenvalue weighted by atomic mass is 32.1. The fourth-order valence-electron chi connectivity index (χ4n) is 2.90. The van der Waals surface area contributed by atoms with E-state index < -0.39 is 0 Å². The molecule has 4 aromatic rings. The Morgan fingerprint density at radius 1 is 1.04 bits per heavy atom. The zero-order chi connectivity index (χ0) is 19.0. The summed E-state index contributed by atoms with van der Waals surface area (Å²) in [5, 5.41) is 3.91. The maximum absolute atomic E-state index is 6.24. The van der Waals surface area contributed by atoms with Crippen molar-refractivity contribution < 1.29 is 4.74 Å². The Labute approximate surface area is 161 Å². The largest absolute Gasteiger partial charge is 0.437 e. The molecule has 0 bridgehead atoms. The second-order valence-electron chi connectivity index (χ2n) is 6.43. The van der Waals surface area contributed by atoms with Crippen molar-refractivity contribution in [2.45, 2.75) is 20.8 Å².